The average Bonchev–Trinajstić information content (AvgIpc) is 2.35. The maximum absolute atomic E-state index is 9.37. The van der Waals surface area contributed by atoms with Gasteiger partial charge in [-0.15, -0.1) is 0 Å². The fraction of sp³-hybridized carbons (Fsp3) is 0.615. The molecule has 90 valence electrons. The maximum Gasteiger partial charge on any atom is 0.127 e. The van der Waals surface area contributed by atoms with Gasteiger partial charge < -0.3 is 0 Å². The van der Waals surface area contributed by atoms with Crippen LogP contribution in [-0.4, -0.2) is 27.5 Å². The zero-order valence-electron chi connectivity index (χ0n) is 10.4. The highest BCUT2D eigenvalue weighted by Crippen LogP contribution is 2.27. The maximum atomic E-state index is 9.37. The van der Waals surface area contributed by atoms with Crippen LogP contribution in [0.5, 0.6) is 0 Å². The van der Waals surface area contributed by atoms with Gasteiger partial charge in [0.2, 0.25) is 0 Å². The lowest BCUT2D eigenvalue weighted by atomic mass is 9.99. The average molecular weight is 230 g/mol. The second-order valence-electron chi connectivity index (χ2n) is 4.68. The monoisotopic (exact) mass is 230 g/mol. The van der Waals surface area contributed by atoms with Crippen molar-refractivity contribution in [2.45, 2.75) is 45.2 Å². The molecule has 0 bridgehead atoms. The van der Waals surface area contributed by atoms with Crippen LogP contribution < -0.4 is 0 Å². The highest BCUT2D eigenvalue weighted by Gasteiger charge is 2.27. The summed E-state index contributed by atoms with van der Waals surface area (Å²) in [7, 11) is 0. The van der Waals surface area contributed by atoms with Gasteiger partial charge in [0.25, 0.3) is 0 Å². The Morgan fingerprint density at radius 1 is 1.41 bits per heavy atom. The van der Waals surface area contributed by atoms with Crippen molar-refractivity contribution in [1.29, 1.82) is 5.26 Å². The van der Waals surface area contributed by atoms with Gasteiger partial charge in [0.05, 0.1) is 6.07 Å². The number of nitriles is 1. The summed E-state index contributed by atoms with van der Waals surface area (Å²) in [5.41, 5.74) is 0.909. The number of rotatable bonds is 2. The molecule has 1 aliphatic rings. The molecule has 4 nitrogen and oxygen atoms in total. The van der Waals surface area contributed by atoms with Crippen molar-refractivity contribution in [3.63, 3.8) is 0 Å². The minimum atomic E-state index is -0.203. The van der Waals surface area contributed by atoms with Crippen LogP contribution in [0.25, 0.3) is 0 Å². The molecule has 0 spiro atoms. The number of hydrogen-bond donors (Lipinski definition) is 0. The summed E-state index contributed by atoms with van der Waals surface area (Å²) in [5.74, 6) is 0.747. The zero-order chi connectivity index (χ0) is 12.3. The summed E-state index contributed by atoms with van der Waals surface area (Å²) >= 11 is 0. The van der Waals surface area contributed by atoms with Crippen molar-refractivity contribution in [3.8, 4) is 6.07 Å². The van der Waals surface area contributed by atoms with Crippen LogP contribution in [0.1, 0.15) is 43.6 Å². The van der Waals surface area contributed by atoms with Crippen molar-refractivity contribution in [3.05, 3.63) is 23.8 Å². The van der Waals surface area contributed by atoms with Gasteiger partial charge in [-0.1, -0.05) is 6.42 Å². The van der Waals surface area contributed by atoms with E-state index in [4.69, 9.17) is 0 Å². The van der Waals surface area contributed by atoms with Crippen molar-refractivity contribution >= 4 is 0 Å². The third-order valence-corrected chi connectivity index (χ3v) is 3.42. The van der Waals surface area contributed by atoms with Crippen molar-refractivity contribution in [2.24, 2.45) is 0 Å². The first-order chi connectivity index (χ1) is 8.22. The van der Waals surface area contributed by atoms with E-state index in [9.17, 15) is 5.26 Å². The molecule has 0 N–H and O–H groups in total. The van der Waals surface area contributed by atoms with Gasteiger partial charge in [-0.25, -0.2) is 9.97 Å². The van der Waals surface area contributed by atoms with Gasteiger partial charge in [-0.2, -0.15) is 5.26 Å². The first kappa shape index (κ1) is 12.0. The molecule has 17 heavy (non-hydrogen) atoms. The molecule has 2 unspecified atom stereocenters. The number of nitrogens with zero attached hydrogens (tertiary/aromatic N) is 4. The predicted octanol–water partition coefficient (Wildman–Crippen LogP) is 2.22. The van der Waals surface area contributed by atoms with E-state index in [1.165, 1.54) is 19.3 Å². The van der Waals surface area contributed by atoms with E-state index in [0.717, 1.165) is 17.9 Å². The molecule has 0 aromatic carbocycles. The molecule has 0 saturated carbocycles. The molecule has 0 amide bonds. The van der Waals surface area contributed by atoms with Crippen LogP contribution in [0.2, 0.25) is 0 Å². The van der Waals surface area contributed by atoms with E-state index < -0.39 is 0 Å². The third-order valence-electron chi connectivity index (χ3n) is 3.42. The lowest BCUT2D eigenvalue weighted by molar-refractivity contribution is 0.131. The molecule has 0 radical (unpaired) electrons. The first-order valence-corrected chi connectivity index (χ1v) is 6.16. The van der Waals surface area contributed by atoms with E-state index >= 15 is 0 Å². The highest BCUT2D eigenvalue weighted by molar-refractivity contribution is 5.18. The number of piperidine rings is 1. The summed E-state index contributed by atoms with van der Waals surface area (Å²) < 4.78 is 0. The summed E-state index contributed by atoms with van der Waals surface area (Å²) in [6.45, 7) is 5.04. The fourth-order valence-electron chi connectivity index (χ4n) is 2.39. The molecule has 1 fully saturated rings. The topological polar surface area (TPSA) is 52.8 Å². The molecule has 1 aromatic rings. The molecular formula is C13H18N4. The number of likely N-dealkylation sites (tertiary alicyclic amines) is 1. The minimum absolute atomic E-state index is 0.203. The Balaban J connectivity index is 2.21. The molecule has 2 atom stereocenters. The number of aryl methyl sites for hydroxylation is 1. The van der Waals surface area contributed by atoms with Crippen LogP contribution in [-0.2, 0) is 0 Å². The molecule has 1 saturated heterocycles. The second kappa shape index (κ2) is 5.24. The van der Waals surface area contributed by atoms with Gasteiger partial charge in [0.15, 0.2) is 0 Å². The number of hydrogen-bond acceptors (Lipinski definition) is 4. The lowest BCUT2D eigenvalue weighted by Gasteiger charge is -2.36. The normalized spacial score (nSPS) is 23.0. The molecule has 0 aliphatic carbocycles. The van der Waals surface area contributed by atoms with Crippen LogP contribution >= 0.6 is 0 Å². The Labute approximate surface area is 102 Å². The lowest BCUT2D eigenvalue weighted by Crippen LogP contribution is -2.39. The summed E-state index contributed by atoms with van der Waals surface area (Å²) in [5, 5.41) is 9.37. The Morgan fingerprint density at radius 3 is 2.71 bits per heavy atom. The van der Waals surface area contributed by atoms with Gasteiger partial charge in [-0.3, -0.25) is 4.90 Å². The van der Waals surface area contributed by atoms with Crippen molar-refractivity contribution < 1.29 is 0 Å². The highest BCUT2D eigenvalue weighted by atomic mass is 15.2. The van der Waals surface area contributed by atoms with Crippen LogP contribution in [0.4, 0.5) is 0 Å². The first-order valence-electron chi connectivity index (χ1n) is 6.16. The van der Waals surface area contributed by atoms with Gasteiger partial charge in [-0.05, 0) is 33.2 Å². The predicted molar refractivity (Wildman–Crippen MR) is 65.1 cm³/mol. The molecular weight excluding hydrogens is 212 g/mol. The quantitative estimate of drug-likeness (QED) is 0.781. The smallest absolute Gasteiger partial charge is 0.127 e. The van der Waals surface area contributed by atoms with Gasteiger partial charge >= 0.3 is 0 Å². The minimum Gasteiger partial charge on any atom is -0.282 e. The molecule has 1 aromatic heterocycles. The Kier molecular flexibility index (Phi) is 3.70. The molecule has 1 aliphatic heterocycles. The molecule has 4 heteroatoms. The zero-order valence-corrected chi connectivity index (χ0v) is 10.4. The van der Waals surface area contributed by atoms with Gasteiger partial charge in [0, 0.05) is 24.0 Å². The van der Waals surface area contributed by atoms with Crippen molar-refractivity contribution in [1.82, 2.24) is 14.9 Å². The largest absolute Gasteiger partial charge is 0.282 e. The Morgan fingerprint density at radius 2 is 2.12 bits per heavy atom. The molecule has 2 rings (SSSR count). The van der Waals surface area contributed by atoms with Crippen LogP contribution in [0.15, 0.2) is 12.4 Å². The summed E-state index contributed by atoms with van der Waals surface area (Å²) in [4.78, 5) is 10.6. The fourth-order valence-corrected chi connectivity index (χ4v) is 2.39. The Hall–Kier alpha value is -1.47. The van der Waals surface area contributed by atoms with Crippen molar-refractivity contribution in [2.75, 3.05) is 6.54 Å². The Bertz CT molecular complexity index is 406. The van der Waals surface area contributed by atoms with E-state index in [1.54, 1.807) is 12.4 Å². The summed E-state index contributed by atoms with van der Waals surface area (Å²) in [6, 6.07) is 2.65. The second-order valence-corrected chi connectivity index (χ2v) is 4.68. The van der Waals surface area contributed by atoms with E-state index in [0.29, 0.717) is 6.04 Å². The standard InChI is InChI=1S/C13H18N4/c1-10-5-3-4-6-17(10)13(7-14)12-8-15-11(2)16-9-12/h8-10,13H,3-6H2,1-2H3. The SMILES string of the molecule is Cc1ncc(C(C#N)N2CCCCC2C)cn1. The van der Waals surface area contributed by atoms with E-state index in [1.807, 2.05) is 6.92 Å². The van der Waals surface area contributed by atoms with E-state index in [2.05, 4.69) is 27.9 Å². The van der Waals surface area contributed by atoms with Gasteiger partial charge in [0.1, 0.15) is 11.9 Å². The number of aromatic nitrogens is 2. The summed E-state index contributed by atoms with van der Waals surface area (Å²) in [6.07, 6.45) is 7.16. The van der Waals surface area contributed by atoms with Crippen LogP contribution in [0, 0.1) is 18.3 Å². The van der Waals surface area contributed by atoms with Crippen LogP contribution in [0.3, 0.4) is 0 Å². The molecule has 2 heterocycles. The third kappa shape index (κ3) is 2.62. The van der Waals surface area contributed by atoms with E-state index in [-0.39, 0.29) is 6.04 Å².